The maximum atomic E-state index is 3.84. The zero-order chi connectivity index (χ0) is 9.78. The summed E-state index contributed by atoms with van der Waals surface area (Å²) in [6.07, 6.45) is 2.08. The van der Waals surface area contributed by atoms with Crippen LogP contribution in [0.25, 0.3) is 0 Å². The molecule has 70 valence electrons. The summed E-state index contributed by atoms with van der Waals surface area (Å²) >= 11 is 0. The normalized spacial score (nSPS) is 13.2. The van der Waals surface area contributed by atoms with Crippen molar-refractivity contribution in [2.24, 2.45) is 0 Å². The molecule has 2 nitrogen and oxygen atoms in total. The number of nitrogens with zero attached hydrogens (tertiary/aromatic N) is 2. The molecule has 0 unspecified atom stereocenters. The highest BCUT2D eigenvalue weighted by atomic mass is 15.3. The van der Waals surface area contributed by atoms with Crippen LogP contribution >= 0.6 is 0 Å². The highest BCUT2D eigenvalue weighted by molar-refractivity contribution is 5.72. The minimum absolute atomic E-state index is 1.01. The summed E-state index contributed by atoms with van der Waals surface area (Å²) in [7, 11) is 8.70. The Morgan fingerprint density at radius 3 is 2.25 bits per heavy atom. The van der Waals surface area contributed by atoms with Crippen molar-refractivity contribution >= 4 is 6.21 Å². The Morgan fingerprint density at radius 2 is 1.92 bits per heavy atom. The zero-order valence-corrected chi connectivity index (χ0v) is 9.09. The van der Waals surface area contributed by atoms with Crippen molar-refractivity contribution in [1.82, 2.24) is 0 Å². The Hall–Kier alpha value is -0.630. The van der Waals surface area contributed by atoms with E-state index in [1.807, 2.05) is 6.92 Å². The fourth-order valence-electron chi connectivity index (χ4n) is 0.899. The van der Waals surface area contributed by atoms with E-state index in [-0.39, 0.29) is 0 Å². The molecule has 0 saturated heterocycles. The molecule has 0 saturated carbocycles. The second-order valence-corrected chi connectivity index (χ2v) is 4.47. The molecular weight excluding hydrogens is 148 g/mol. The maximum Gasteiger partial charge on any atom is 0.191 e. The average Bonchev–Trinajstić information content (AvgIpc) is 1.80. The van der Waals surface area contributed by atoms with Gasteiger partial charge in [0, 0.05) is 5.57 Å². The molecule has 0 rings (SSSR count). The highest BCUT2D eigenvalue weighted by Gasteiger charge is 2.09. The van der Waals surface area contributed by atoms with Crippen molar-refractivity contribution in [2.45, 2.75) is 6.92 Å². The lowest BCUT2D eigenvalue weighted by Crippen LogP contribution is -2.39. The topological polar surface area (TPSA) is 3.01 Å². The predicted octanol–water partition coefficient (Wildman–Crippen LogP) is 0.982. The van der Waals surface area contributed by atoms with Crippen molar-refractivity contribution in [3.05, 3.63) is 12.2 Å². The minimum atomic E-state index is 1.01. The number of likely N-dealkylation sites (N-methyl/N-ethyl adjacent to an activating group) is 2. The van der Waals surface area contributed by atoms with Gasteiger partial charge in [0.05, 0.1) is 21.1 Å². The molecule has 0 N–H and O–H groups in total. The molecule has 0 fully saturated rings. The second kappa shape index (κ2) is 4.41. The van der Waals surface area contributed by atoms with Crippen LogP contribution < -0.4 is 0 Å². The summed E-state index contributed by atoms with van der Waals surface area (Å²) in [6.45, 7) is 8.09. The summed E-state index contributed by atoms with van der Waals surface area (Å²) in [6, 6.07) is 0. The fraction of sp³-hybridized carbons (Fsp3) is 0.700. The first-order valence-corrected chi connectivity index (χ1v) is 4.32. The van der Waals surface area contributed by atoms with Crippen LogP contribution in [-0.2, 0) is 0 Å². The smallest absolute Gasteiger partial charge is 0.191 e. The lowest BCUT2D eigenvalue weighted by Gasteiger charge is -2.21. The first kappa shape index (κ1) is 11.4. The third-order valence-corrected chi connectivity index (χ3v) is 1.56. The van der Waals surface area contributed by atoms with Gasteiger partial charge >= 0.3 is 0 Å². The SMILES string of the molecule is C=C(C)C=[N+](C)CC[N+](C)(C)C. The molecule has 0 spiro atoms. The number of hydrogen-bond acceptors (Lipinski definition) is 0. The first-order valence-electron chi connectivity index (χ1n) is 4.32. The molecule has 0 aromatic rings. The fourth-order valence-corrected chi connectivity index (χ4v) is 0.899. The molecule has 0 radical (unpaired) electrons. The van der Waals surface area contributed by atoms with Gasteiger partial charge in [-0.3, -0.25) is 0 Å². The van der Waals surface area contributed by atoms with E-state index in [0.717, 1.165) is 23.1 Å². The van der Waals surface area contributed by atoms with Gasteiger partial charge in [0.15, 0.2) is 12.8 Å². The van der Waals surface area contributed by atoms with Crippen LogP contribution in [0.15, 0.2) is 12.2 Å². The Balaban J connectivity index is 3.87. The predicted molar refractivity (Wildman–Crippen MR) is 54.8 cm³/mol. The Kier molecular flexibility index (Phi) is 4.18. The molecule has 0 aromatic carbocycles. The number of hydrogen-bond donors (Lipinski definition) is 0. The van der Waals surface area contributed by atoms with Gasteiger partial charge in [0.2, 0.25) is 0 Å². The monoisotopic (exact) mass is 170 g/mol. The maximum absolute atomic E-state index is 3.84. The van der Waals surface area contributed by atoms with Gasteiger partial charge in [-0.15, -0.1) is 0 Å². The van der Waals surface area contributed by atoms with Crippen molar-refractivity contribution in [3.8, 4) is 0 Å². The Labute approximate surface area is 76.4 Å². The summed E-state index contributed by atoms with van der Waals surface area (Å²) in [5.74, 6) is 0. The molecule has 0 aliphatic carbocycles. The van der Waals surface area contributed by atoms with E-state index in [0.29, 0.717) is 0 Å². The molecule has 0 heterocycles. The molecule has 0 aliphatic rings. The Bertz CT molecular complexity index is 185. The highest BCUT2D eigenvalue weighted by Crippen LogP contribution is 1.88. The molecule has 0 aliphatic heterocycles. The number of quaternary nitrogens is 1. The lowest BCUT2D eigenvalue weighted by molar-refractivity contribution is -0.877. The van der Waals surface area contributed by atoms with Gasteiger partial charge in [-0.25, -0.2) is 4.58 Å². The van der Waals surface area contributed by atoms with Crippen molar-refractivity contribution in [1.29, 1.82) is 0 Å². The molecule has 12 heavy (non-hydrogen) atoms. The van der Waals surface area contributed by atoms with Crippen LogP contribution in [0.4, 0.5) is 0 Å². The van der Waals surface area contributed by atoms with E-state index in [9.17, 15) is 0 Å². The Morgan fingerprint density at radius 1 is 1.42 bits per heavy atom. The molecule has 0 aromatic heterocycles. The van der Waals surface area contributed by atoms with Crippen LogP contribution in [-0.4, -0.2) is 56.6 Å². The molecule has 0 amide bonds. The van der Waals surface area contributed by atoms with Crippen molar-refractivity contribution in [3.63, 3.8) is 0 Å². The molecule has 2 heteroatoms. The van der Waals surface area contributed by atoms with E-state index < -0.39 is 0 Å². The number of rotatable bonds is 4. The van der Waals surface area contributed by atoms with Gasteiger partial charge in [-0.1, -0.05) is 6.58 Å². The zero-order valence-electron chi connectivity index (χ0n) is 9.09. The van der Waals surface area contributed by atoms with E-state index in [4.69, 9.17) is 0 Å². The van der Waals surface area contributed by atoms with Crippen molar-refractivity contribution < 1.29 is 9.06 Å². The largest absolute Gasteiger partial charge is 0.326 e. The van der Waals surface area contributed by atoms with Crippen LogP contribution in [0, 0.1) is 0 Å². The van der Waals surface area contributed by atoms with Gasteiger partial charge in [0.1, 0.15) is 13.6 Å². The number of allylic oxidation sites excluding steroid dienone is 1. The average molecular weight is 170 g/mol. The lowest BCUT2D eigenvalue weighted by atomic mass is 10.4. The molecule has 0 atom stereocenters. The van der Waals surface area contributed by atoms with E-state index in [2.05, 4.69) is 45.6 Å². The van der Waals surface area contributed by atoms with E-state index in [1.54, 1.807) is 0 Å². The van der Waals surface area contributed by atoms with Crippen LogP contribution in [0.3, 0.4) is 0 Å². The van der Waals surface area contributed by atoms with Gasteiger partial charge < -0.3 is 4.48 Å². The van der Waals surface area contributed by atoms with Crippen LogP contribution in [0.1, 0.15) is 6.92 Å². The van der Waals surface area contributed by atoms with Crippen LogP contribution in [0.2, 0.25) is 0 Å². The van der Waals surface area contributed by atoms with Crippen LogP contribution in [0.5, 0.6) is 0 Å². The summed E-state index contributed by atoms with van der Waals surface area (Å²) in [5, 5.41) is 0. The van der Waals surface area contributed by atoms with Gasteiger partial charge in [0.25, 0.3) is 0 Å². The minimum Gasteiger partial charge on any atom is -0.326 e. The van der Waals surface area contributed by atoms with E-state index in [1.165, 1.54) is 0 Å². The molecule has 0 bridgehead atoms. The molecular formula is C10H22N2+2. The first-order chi connectivity index (χ1) is 5.31. The van der Waals surface area contributed by atoms with Crippen molar-refractivity contribution in [2.75, 3.05) is 41.3 Å². The summed E-state index contributed by atoms with van der Waals surface area (Å²) in [5.41, 5.74) is 1.11. The van der Waals surface area contributed by atoms with E-state index >= 15 is 0 Å². The summed E-state index contributed by atoms with van der Waals surface area (Å²) < 4.78 is 3.19. The standard InChI is InChI=1S/C10H22N2/c1-10(2)9-11(3)7-8-12(4,5)6/h9H,1,7-8H2,2-6H3/q+2. The van der Waals surface area contributed by atoms with Gasteiger partial charge in [-0.2, -0.15) is 0 Å². The van der Waals surface area contributed by atoms with Gasteiger partial charge in [-0.05, 0) is 6.92 Å². The third kappa shape index (κ3) is 7.48. The second-order valence-electron chi connectivity index (χ2n) is 4.47. The quantitative estimate of drug-likeness (QED) is 0.336. The summed E-state index contributed by atoms with van der Waals surface area (Å²) in [4.78, 5) is 0. The third-order valence-electron chi connectivity index (χ3n) is 1.56.